The molecule has 0 radical (unpaired) electrons. The Kier molecular flexibility index (Phi) is 4.59. The summed E-state index contributed by atoms with van der Waals surface area (Å²) in [4.78, 5) is 10.3. The summed E-state index contributed by atoms with van der Waals surface area (Å²) in [6, 6.07) is 0. The summed E-state index contributed by atoms with van der Waals surface area (Å²) in [5.74, 6) is 1.50. The number of nitrogens with zero attached hydrogens (tertiary/aromatic N) is 3. The van der Waals surface area contributed by atoms with Gasteiger partial charge in [0.1, 0.15) is 22.4 Å². The Morgan fingerprint density at radius 1 is 1.47 bits per heavy atom. The standard InChI is InChI=1S/C12H19BrN4O2/c1-14-10-9(13)11(16-8-15-10)17(2)7-12(18)3-5-19-6-4-12/h8,18H,3-7H2,1-2H3,(H,14,15,16). The van der Waals surface area contributed by atoms with Crippen LogP contribution in [0.5, 0.6) is 0 Å². The van der Waals surface area contributed by atoms with Gasteiger partial charge in [-0.3, -0.25) is 0 Å². The van der Waals surface area contributed by atoms with E-state index in [0.717, 1.165) is 16.1 Å². The predicted octanol–water partition coefficient (Wildman–Crippen LogP) is 1.26. The van der Waals surface area contributed by atoms with Crippen molar-refractivity contribution in [3.05, 3.63) is 10.8 Å². The Labute approximate surface area is 121 Å². The second-order valence-corrected chi connectivity index (χ2v) is 5.60. The molecule has 6 nitrogen and oxygen atoms in total. The summed E-state index contributed by atoms with van der Waals surface area (Å²) < 4.78 is 6.09. The first-order valence-corrected chi connectivity index (χ1v) is 7.04. The molecule has 0 unspecified atom stereocenters. The van der Waals surface area contributed by atoms with Gasteiger partial charge in [0.25, 0.3) is 0 Å². The highest BCUT2D eigenvalue weighted by Gasteiger charge is 2.32. The van der Waals surface area contributed by atoms with E-state index in [1.54, 1.807) is 0 Å². The van der Waals surface area contributed by atoms with Crippen molar-refractivity contribution in [1.82, 2.24) is 9.97 Å². The lowest BCUT2D eigenvalue weighted by molar-refractivity contribution is -0.0573. The quantitative estimate of drug-likeness (QED) is 0.866. The number of aliphatic hydroxyl groups is 1. The molecule has 0 amide bonds. The van der Waals surface area contributed by atoms with E-state index in [0.29, 0.717) is 32.6 Å². The smallest absolute Gasteiger partial charge is 0.148 e. The van der Waals surface area contributed by atoms with Gasteiger partial charge in [-0.15, -0.1) is 0 Å². The van der Waals surface area contributed by atoms with Gasteiger partial charge in [-0.05, 0) is 15.9 Å². The first-order valence-electron chi connectivity index (χ1n) is 6.25. The minimum absolute atomic E-state index is 0.523. The molecule has 0 spiro atoms. The van der Waals surface area contributed by atoms with E-state index in [2.05, 4.69) is 31.2 Å². The highest BCUT2D eigenvalue weighted by Crippen LogP contribution is 2.30. The van der Waals surface area contributed by atoms with Crippen LogP contribution in [-0.2, 0) is 4.74 Å². The number of anilines is 2. The zero-order valence-corrected chi connectivity index (χ0v) is 12.8. The summed E-state index contributed by atoms with van der Waals surface area (Å²) in [6.07, 6.45) is 2.81. The zero-order chi connectivity index (χ0) is 13.9. The summed E-state index contributed by atoms with van der Waals surface area (Å²) in [7, 11) is 3.73. The molecule has 7 heteroatoms. The number of rotatable bonds is 4. The summed E-state index contributed by atoms with van der Waals surface area (Å²) >= 11 is 3.49. The van der Waals surface area contributed by atoms with Crippen LogP contribution < -0.4 is 10.2 Å². The number of hydrogen-bond donors (Lipinski definition) is 2. The van der Waals surface area contributed by atoms with E-state index in [-0.39, 0.29) is 0 Å². The van der Waals surface area contributed by atoms with E-state index >= 15 is 0 Å². The number of likely N-dealkylation sites (N-methyl/N-ethyl adjacent to an activating group) is 1. The summed E-state index contributed by atoms with van der Waals surface area (Å²) in [5, 5.41) is 13.5. The second-order valence-electron chi connectivity index (χ2n) is 4.80. The molecule has 1 aromatic heterocycles. The van der Waals surface area contributed by atoms with E-state index in [9.17, 15) is 5.11 Å². The number of hydrogen-bond acceptors (Lipinski definition) is 6. The lowest BCUT2D eigenvalue weighted by atomic mass is 9.94. The molecule has 0 aromatic carbocycles. The lowest BCUT2D eigenvalue weighted by Gasteiger charge is -2.36. The third-order valence-corrected chi connectivity index (χ3v) is 4.05. The molecule has 106 valence electrons. The van der Waals surface area contributed by atoms with Gasteiger partial charge >= 0.3 is 0 Å². The van der Waals surface area contributed by atoms with Gasteiger partial charge in [0.15, 0.2) is 0 Å². The van der Waals surface area contributed by atoms with Crippen molar-refractivity contribution in [2.75, 3.05) is 44.1 Å². The third-order valence-electron chi connectivity index (χ3n) is 3.32. The molecular weight excluding hydrogens is 312 g/mol. The van der Waals surface area contributed by atoms with Crippen LogP contribution in [-0.4, -0.2) is 54.5 Å². The molecule has 2 N–H and O–H groups in total. The van der Waals surface area contributed by atoms with Crippen LogP contribution in [0.25, 0.3) is 0 Å². The molecule has 0 aliphatic carbocycles. The number of aromatic nitrogens is 2. The van der Waals surface area contributed by atoms with Gasteiger partial charge < -0.3 is 20.1 Å². The maximum absolute atomic E-state index is 10.5. The van der Waals surface area contributed by atoms with Crippen molar-refractivity contribution in [2.24, 2.45) is 0 Å². The first kappa shape index (κ1) is 14.5. The fourth-order valence-corrected chi connectivity index (χ4v) is 2.93. The van der Waals surface area contributed by atoms with Crippen molar-refractivity contribution in [3.8, 4) is 0 Å². The zero-order valence-electron chi connectivity index (χ0n) is 11.2. The van der Waals surface area contributed by atoms with Gasteiger partial charge in [0.05, 0.1) is 5.60 Å². The molecule has 1 fully saturated rings. The fourth-order valence-electron chi connectivity index (χ4n) is 2.23. The van der Waals surface area contributed by atoms with E-state index in [1.807, 2.05) is 19.0 Å². The average Bonchev–Trinajstić information content (AvgIpc) is 2.39. The van der Waals surface area contributed by atoms with Crippen LogP contribution in [0.15, 0.2) is 10.8 Å². The normalized spacial score (nSPS) is 18.1. The van der Waals surface area contributed by atoms with Gasteiger partial charge in [0, 0.05) is 46.7 Å². The third kappa shape index (κ3) is 3.34. The molecule has 1 aliphatic heterocycles. The highest BCUT2D eigenvalue weighted by molar-refractivity contribution is 9.10. The Morgan fingerprint density at radius 2 is 2.16 bits per heavy atom. The topological polar surface area (TPSA) is 70.5 Å². The van der Waals surface area contributed by atoms with Crippen molar-refractivity contribution in [1.29, 1.82) is 0 Å². The van der Waals surface area contributed by atoms with Gasteiger partial charge in [-0.25, -0.2) is 9.97 Å². The number of ether oxygens (including phenoxy) is 1. The Bertz CT molecular complexity index is 438. The molecule has 1 saturated heterocycles. The monoisotopic (exact) mass is 330 g/mol. The van der Waals surface area contributed by atoms with E-state index < -0.39 is 5.60 Å². The van der Waals surface area contributed by atoms with Crippen molar-refractivity contribution < 1.29 is 9.84 Å². The average molecular weight is 331 g/mol. The second kappa shape index (κ2) is 6.02. The van der Waals surface area contributed by atoms with Crippen molar-refractivity contribution in [2.45, 2.75) is 18.4 Å². The fraction of sp³-hybridized carbons (Fsp3) is 0.667. The molecule has 1 aliphatic rings. The molecule has 2 rings (SSSR count). The van der Waals surface area contributed by atoms with Crippen LogP contribution in [0.3, 0.4) is 0 Å². The molecule has 1 aromatic rings. The minimum atomic E-state index is -0.711. The van der Waals surface area contributed by atoms with Gasteiger partial charge in [-0.1, -0.05) is 0 Å². The van der Waals surface area contributed by atoms with Gasteiger partial charge in [0.2, 0.25) is 0 Å². The SMILES string of the molecule is CNc1ncnc(N(C)CC2(O)CCOCC2)c1Br. The summed E-state index contributed by atoms with van der Waals surface area (Å²) in [5.41, 5.74) is -0.711. The molecular formula is C12H19BrN4O2. The Hall–Kier alpha value is -0.920. The van der Waals surface area contributed by atoms with E-state index in [4.69, 9.17) is 4.74 Å². The molecule has 0 atom stereocenters. The number of nitrogens with one attached hydrogen (secondary N) is 1. The lowest BCUT2D eigenvalue weighted by Crippen LogP contribution is -2.46. The van der Waals surface area contributed by atoms with Crippen molar-refractivity contribution >= 4 is 27.6 Å². The molecule has 19 heavy (non-hydrogen) atoms. The maximum atomic E-state index is 10.5. The largest absolute Gasteiger partial charge is 0.388 e. The van der Waals surface area contributed by atoms with E-state index in [1.165, 1.54) is 6.33 Å². The highest BCUT2D eigenvalue weighted by atomic mass is 79.9. The van der Waals surface area contributed by atoms with Crippen LogP contribution in [0, 0.1) is 0 Å². The predicted molar refractivity (Wildman–Crippen MR) is 77.6 cm³/mol. The maximum Gasteiger partial charge on any atom is 0.148 e. The minimum Gasteiger partial charge on any atom is -0.388 e. The van der Waals surface area contributed by atoms with Crippen LogP contribution in [0.2, 0.25) is 0 Å². The summed E-state index contributed by atoms with van der Waals surface area (Å²) in [6.45, 7) is 1.74. The van der Waals surface area contributed by atoms with Crippen molar-refractivity contribution in [3.63, 3.8) is 0 Å². The van der Waals surface area contributed by atoms with Crippen LogP contribution in [0.1, 0.15) is 12.8 Å². The molecule has 0 bridgehead atoms. The molecule has 2 heterocycles. The molecule has 0 saturated carbocycles. The Balaban J connectivity index is 2.13. The Morgan fingerprint density at radius 3 is 2.79 bits per heavy atom. The number of halogens is 1. The van der Waals surface area contributed by atoms with Crippen LogP contribution >= 0.6 is 15.9 Å². The van der Waals surface area contributed by atoms with Gasteiger partial charge in [-0.2, -0.15) is 0 Å². The first-order chi connectivity index (χ1) is 9.06. The van der Waals surface area contributed by atoms with Crippen LogP contribution in [0.4, 0.5) is 11.6 Å².